The summed E-state index contributed by atoms with van der Waals surface area (Å²) in [4.78, 5) is 14.9. The van der Waals surface area contributed by atoms with Crippen LogP contribution in [0.1, 0.15) is 25.0 Å². The average Bonchev–Trinajstić information content (AvgIpc) is 3.61. The van der Waals surface area contributed by atoms with Crippen LogP contribution in [-0.4, -0.2) is 15.0 Å². The minimum atomic E-state index is -0.265. The van der Waals surface area contributed by atoms with E-state index in [0.717, 1.165) is 72.3 Å². The van der Waals surface area contributed by atoms with Crippen molar-refractivity contribution in [1.82, 2.24) is 15.0 Å². The van der Waals surface area contributed by atoms with E-state index in [0.29, 0.717) is 5.82 Å². The van der Waals surface area contributed by atoms with Crippen LogP contribution in [0.5, 0.6) is 0 Å². The fourth-order valence-corrected chi connectivity index (χ4v) is 7.11. The summed E-state index contributed by atoms with van der Waals surface area (Å²) in [5.74, 6) is 0.712. The summed E-state index contributed by atoms with van der Waals surface area (Å²) < 4.78 is 6.42. The maximum Gasteiger partial charge on any atom is 0.160 e. The number of hydrogen-bond donors (Lipinski definition) is 0. The smallest absolute Gasteiger partial charge is 0.160 e. The summed E-state index contributed by atoms with van der Waals surface area (Å²) in [5.41, 5.74) is 13.5. The molecule has 3 aromatic heterocycles. The monoisotopic (exact) mass is 591 g/mol. The second-order valence-corrected chi connectivity index (χ2v) is 12.5. The molecule has 0 N–H and O–H groups in total. The van der Waals surface area contributed by atoms with Crippen molar-refractivity contribution < 1.29 is 4.42 Å². The fraction of sp³-hybridized carbons (Fsp3) is 0.0714. The lowest BCUT2D eigenvalue weighted by atomic mass is 9.80. The Hall–Kier alpha value is -5.87. The summed E-state index contributed by atoms with van der Waals surface area (Å²) in [6.07, 6.45) is 3.68. The van der Waals surface area contributed by atoms with Gasteiger partial charge in [0.2, 0.25) is 0 Å². The Morgan fingerprint density at radius 3 is 2.11 bits per heavy atom. The topological polar surface area (TPSA) is 51.8 Å². The van der Waals surface area contributed by atoms with E-state index in [1.54, 1.807) is 6.20 Å². The number of furan rings is 1. The van der Waals surface area contributed by atoms with E-state index in [1.165, 1.54) is 11.1 Å². The number of aromatic nitrogens is 3. The van der Waals surface area contributed by atoms with Crippen LogP contribution in [0.3, 0.4) is 0 Å². The maximum atomic E-state index is 6.42. The highest BCUT2D eigenvalue weighted by Gasteiger charge is 2.40. The Bertz CT molecular complexity index is 2440. The van der Waals surface area contributed by atoms with Crippen molar-refractivity contribution in [3.05, 3.63) is 151 Å². The number of benzene rings is 5. The standard InChI is InChI=1S/C42H29N3O/c1-42(2)35-17-5-3-14-34(35)39-37(42)38(44-41(45-39)27-21-19-26(20-22-27)30-12-9-23-43-25-30)29-11-7-10-28(24-29)31-15-8-16-33-32-13-4-6-18-36(32)46-40(31)33/h3-25H,1-2H3. The van der Waals surface area contributed by atoms with E-state index in [2.05, 4.69) is 128 Å². The molecule has 0 spiro atoms. The summed E-state index contributed by atoms with van der Waals surface area (Å²) >= 11 is 0. The van der Waals surface area contributed by atoms with E-state index < -0.39 is 0 Å². The van der Waals surface area contributed by atoms with Gasteiger partial charge in [0.25, 0.3) is 0 Å². The lowest BCUT2D eigenvalue weighted by Crippen LogP contribution is -2.17. The second kappa shape index (κ2) is 10.1. The first-order valence-corrected chi connectivity index (χ1v) is 15.6. The number of para-hydroxylation sites is 2. The SMILES string of the molecule is CC1(C)c2ccccc2-c2nc(-c3ccc(-c4cccnc4)cc3)nc(-c3cccc(-c4cccc5c4oc4ccccc45)c3)c21. The minimum Gasteiger partial charge on any atom is -0.455 e. The Balaban J connectivity index is 1.24. The summed E-state index contributed by atoms with van der Waals surface area (Å²) in [6, 6.07) is 44.4. The third kappa shape index (κ3) is 4.04. The highest BCUT2D eigenvalue weighted by atomic mass is 16.3. The predicted octanol–water partition coefficient (Wildman–Crippen LogP) is 10.7. The largest absolute Gasteiger partial charge is 0.455 e. The first-order valence-electron chi connectivity index (χ1n) is 15.6. The van der Waals surface area contributed by atoms with Crippen LogP contribution < -0.4 is 0 Å². The molecule has 0 bridgehead atoms. The molecule has 0 saturated heterocycles. The Labute approximate surface area is 267 Å². The fourth-order valence-electron chi connectivity index (χ4n) is 7.11. The average molecular weight is 592 g/mol. The Kier molecular flexibility index (Phi) is 5.81. The number of pyridine rings is 1. The molecule has 0 saturated carbocycles. The number of rotatable bonds is 4. The summed E-state index contributed by atoms with van der Waals surface area (Å²) in [7, 11) is 0. The van der Waals surface area contributed by atoms with Crippen molar-refractivity contribution in [3.8, 4) is 56.2 Å². The Morgan fingerprint density at radius 2 is 1.24 bits per heavy atom. The normalized spacial score (nSPS) is 13.2. The molecular weight excluding hydrogens is 562 g/mol. The van der Waals surface area contributed by atoms with Gasteiger partial charge in [0.1, 0.15) is 11.2 Å². The van der Waals surface area contributed by atoms with Gasteiger partial charge in [-0.15, -0.1) is 0 Å². The maximum absolute atomic E-state index is 6.42. The van der Waals surface area contributed by atoms with E-state index in [9.17, 15) is 0 Å². The third-order valence-corrected chi connectivity index (χ3v) is 9.38. The van der Waals surface area contributed by atoms with Crippen LogP contribution in [0, 0.1) is 0 Å². The molecule has 46 heavy (non-hydrogen) atoms. The number of hydrogen-bond acceptors (Lipinski definition) is 4. The molecule has 1 aliphatic carbocycles. The number of nitrogens with zero attached hydrogens (tertiary/aromatic N) is 3. The molecule has 1 aliphatic rings. The van der Waals surface area contributed by atoms with Gasteiger partial charge in [-0.25, -0.2) is 9.97 Å². The first-order chi connectivity index (χ1) is 22.6. The lowest BCUT2D eigenvalue weighted by Gasteiger charge is -2.24. The van der Waals surface area contributed by atoms with E-state index in [1.807, 2.05) is 24.4 Å². The van der Waals surface area contributed by atoms with Gasteiger partial charge < -0.3 is 4.42 Å². The molecule has 218 valence electrons. The van der Waals surface area contributed by atoms with Crippen molar-refractivity contribution in [2.24, 2.45) is 0 Å². The molecule has 0 aliphatic heterocycles. The van der Waals surface area contributed by atoms with Crippen LogP contribution in [-0.2, 0) is 5.41 Å². The molecule has 8 aromatic rings. The molecule has 4 heteroatoms. The van der Waals surface area contributed by atoms with Crippen LogP contribution >= 0.6 is 0 Å². The molecule has 0 fully saturated rings. The van der Waals surface area contributed by atoms with Crippen LogP contribution in [0.25, 0.3) is 78.1 Å². The van der Waals surface area contributed by atoms with Crippen molar-refractivity contribution in [2.75, 3.05) is 0 Å². The molecule has 0 unspecified atom stereocenters. The van der Waals surface area contributed by atoms with Gasteiger partial charge in [-0.1, -0.05) is 123 Å². The predicted molar refractivity (Wildman–Crippen MR) is 186 cm³/mol. The summed E-state index contributed by atoms with van der Waals surface area (Å²) in [5, 5.41) is 2.25. The van der Waals surface area contributed by atoms with E-state index >= 15 is 0 Å². The van der Waals surface area contributed by atoms with Gasteiger partial charge in [-0.2, -0.15) is 0 Å². The molecule has 0 amide bonds. The van der Waals surface area contributed by atoms with Crippen LogP contribution in [0.15, 0.2) is 144 Å². The molecular formula is C42H29N3O. The van der Waals surface area contributed by atoms with Crippen LogP contribution in [0.2, 0.25) is 0 Å². The van der Waals surface area contributed by atoms with Gasteiger partial charge in [0.05, 0.1) is 11.4 Å². The Morgan fingerprint density at radius 1 is 0.543 bits per heavy atom. The number of fused-ring (bicyclic) bond motifs is 6. The summed E-state index contributed by atoms with van der Waals surface area (Å²) in [6.45, 7) is 4.57. The van der Waals surface area contributed by atoms with Crippen molar-refractivity contribution in [3.63, 3.8) is 0 Å². The van der Waals surface area contributed by atoms with Crippen molar-refractivity contribution in [1.29, 1.82) is 0 Å². The molecule has 4 nitrogen and oxygen atoms in total. The highest BCUT2D eigenvalue weighted by molar-refractivity contribution is 6.09. The molecule has 0 radical (unpaired) electrons. The quantitative estimate of drug-likeness (QED) is 0.204. The second-order valence-electron chi connectivity index (χ2n) is 12.5. The van der Waals surface area contributed by atoms with E-state index in [4.69, 9.17) is 14.4 Å². The molecule has 0 atom stereocenters. The van der Waals surface area contributed by atoms with Gasteiger partial charge in [-0.3, -0.25) is 4.98 Å². The zero-order valence-electron chi connectivity index (χ0n) is 25.5. The first kappa shape index (κ1) is 26.5. The van der Waals surface area contributed by atoms with Gasteiger partial charge >= 0.3 is 0 Å². The van der Waals surface area contributed by atoms with Crippen molar-refractivity contribution in [2.45, 2.75) is 19.3 Å². The van der Waals surface area contributed by atoms with Crippen molar-refractivity contribution >= 4 is 21.9 Å². The molecule has 3 heterocycles. The lowest BCUT2D eigenvalue weighted by molar-refractivity contribution is 0.658. The van der Waals surface area contributed by atoms with E-state index in [-0.39, 0.29) is 5.41 Å². The van der Waals surface area contributed by atoms with Gasteiger partial charge in [0, 0.05) is 56.4 Å². The highest BCUT2D eigenvalue weighted by Crippen LogP contribution is 2.51. The van der Waals surface area contributed by atoms with Gasteiger partial charge in [-0.05, 0) is 40.5 Å². The van der Waals surface area contributed by atoms with Gasteiger partial charge in [0.15, 0.2) is 5.82 Å². The molecule has 9 rings (SSSR count). The minimum absolute atomic E-state index is 0.265. The molecule has 5 aromatic carbocycles. The third-order valence-electron chi connectivity index (χ3n) is 9.38. The van der Waals surface area contributed by atoms with Crippen LogP contribution in [0.4, 0.5) is 0 Å². The zero-order chi connectivity index (χ0) is 30.8. The zero-order valence-corrected chi connectivity index (χ0v) is 25.5.